The number of nitrogens with one attached hydrogen (secondary N) is 1. The summed E-state index contributed by atoms with van der Waals surface area (Å²) in [7, 11) is 0. The van der Waals surface area contributed by atoms with Crippen LogP contribution in [-0.4, -0.2) is 35.2 Å². The summed E-state index contributed by atoms with van der Waals surface area (Å²) in [5, 5.41) is 2.56. The number of thiophene rings is 1. The number of amides is 3. The van der Waals surface area contributed by atoms with Crippen LogP contribution in [0.2, 0.25) is 8.67 Å². The molecule has 2 heterocycles. The van der Waals surface area contributed by atoms with E-state index in [-0.39, 0.29) is 22.4 Å². The third-order valence-electron chi connectivity index (χ3n) is 2.98. The Morgan fingerprint density at radius 2 is 2.10 bits per heavy atom. The van der Waals surface area contributed by atoms with Crippen LogP contribution in [0.3, 0.4) is 0 Å². The highest BCUT2D eigenvalue weighted by atomic mass is 35.5. The smallest absolute Gasteiger partial charge is 0.325 e. The maximum absolute atomic E-state index is 12.1. The van der Waals surface area contributed by atoms with Crippen molar-refractivity contribution in [1.82, 2.24) is 10.2 Å². The van der Waals surface area contributed by atoms with E-state index in [0.717, 1.165) is 16.2 Å². The van der Waals surface area contributed by atoms with Gasteiger partial charge < -0.3 is 5.32 Å². The van der Waals surface area contributed by atoms with Crippen LogP contribution in [0.1, 0.15) is 24.2 Å². The molecule has 1 aliphatic rings. The van der Waals surface area contributed by atoms with Crippen molar-refractivity contribution in [3.05, 3.63) is 20.3 Å². The Morgan fingerprint density at radius 1 is 1.45 bits per heavy atom. The van der Waals surface area contributed by atoms with E-state index in [1.165, 1.54) is 6.07 Å². The summed E-state index contributed by atoms with van der Waals surface area (Å²) < 4.78 is 0.642. The number of rotatable bonds is 4. The summed E-state index contributed by atoms with van der Waals surface area (Å²) >= 11 is 12.7. The molecule has 3 amide bonds. The number of ketones is 1. The van der Waals surface area contributed by atoms with Crippen LogP contribution < -0.4 is 5.32 Å². The van der Waals surface area contributed by atoms with Crippen molar-refractivity contribution in [3.8, 4) is 0 Å². The van der Waals surface area contributed by atoms with Gasteiger partial charge in [0, 0.05) is 0 Å². The largest absolute Gasteiger partial charge is 0.326 e. The highest BCUT2D eigenvalue weighted by Crippen LogP contribution is 2.31. The van der Waals surface area contributed by atoms with Crippen LogP contribution in [-0.2, 0) is 4.79 Å². The number of Topliss-reactive ketones (excluding diaryl/α,β-unsaturated/α-hetero) is 1. The van der Waals surface area contributed by atoms with Gasteiger partial charge in [-0.05, 0) is 12.0 Å². The van der Waals surface area contributed by atoms with Gasteiger partial charge in [-0.15, -0.1) is 11.3 Å². The van der Waals surface area contributed by atoms with E-state index in [0.29, 0.717) is 4.34 Å². The Labute approximate surface area is 129 Å². The number of nitrogens with zero attached hydrogens (tertiary/aromatic N) is 1. The highest BCUT2D eigenvalue weighted by molar-refractivity contribution is 7.20. The molecule has 8 heteroatoms. The van der Waals surface area contributed by atoms with Gasteiger partial charge in [-0.3, -0.25) is 14.5 Å². The molecule has 1 unspecified atom stereocenters. The molecule has 0 radical (unpaired) electrons. The Bertz CT molecular complexity index is 585. The molecule has 0 bridgehead atoms. The Kier molecular flexibility index (Phi) is 4.36. The van der Waals surface area contributed by atoms with Crippen molar-refractivity contribution in [3.63, 3.8) is 0 Å². The lowest BCUT2D eigenvalue weighted by Gasteiger charge is -2.13. The number of halogens is 2. The zero-order chi connectivity index (χ0) is 15.0. The SMILES string of the molecule is CC(C)C1NC(=O)N(CC(=O)c2cc(Cl)sc2Cl)C1=O. The summed E-state index contributed by atoms with van der Waals surface area (Å²) in [5.41, 5.74) is 0.232. The molecule has 1 N–H and O–H groups in total. The highest BCUT2D eigenvalue weighted by Gasteiger charge is 2.40. The van der Waals surface area contributed by atoms with E-state index in [9.17, 15) is 14.4 Å². The number of imide groups is 1. The lowest BCUT2D eigenvalue weighted by atomic mass is 10.0. The number of urea groups is 1. The van der Waals surface area contributed by atoms with Crippen LogP contribution in [0.5, 0.6) is 0 Å². The average Bonchev–Trinajstić information content (AvgIpc) is 2.82. The minimum absolute atomic E-state index is 0.0364. The maximum Gasteiger partial charge on any atom is 0.325 e. The summed E-state index contributed by atoms with van der Waals surface area (Å²) in [6.07, 6.45) is 0. The van der Waals surface area contributed by atoms with Gasteiger partial charge in [0.25, 0.3) is 5.91 Å². The number of hydrogen-bond donors (Lipinski definition) is 1. The van der Waals surface area contributed by atoms with Crippen LogP contribution in [0, 0.1) is 5.92 Å². The van der Waals surface area contributed by atoms with Gasteiger partial charge in [0.15, 0.2) is 5.78 Å². The summed E-state index contributed by atoms with van der Waals surface area (Å²) in [5.74, 6) is -0.840. The molecule has 1 aromatic rings. The average molecular weight is 335 g/mol. The fourth-order valence-corrected chi connectivity index (χ4v) is 3.40. The second-order valence-electron chi connectivity index (χ2n) is 4.76. The lowest BCUT2D eigenvalue weighted by Crippen LogP contribution is -2.37. The number of carbonyl (C=O) groups excluding carboxylic acids is 3. The van der Waals surface area contributed by atoms with Gasteiger partial charge in [0.1, 0.15) is 10.4 Å². The van der Waals surface area contributed by atoms with Crippen molar-refractivity contribution < 1.29 is 14.4 Å². The normalized spacial score (nSPS) is 18.9. The Morgan fingerprint density at radius 3 is 2.55 bits per heavy atom. The molecule has 5 nitrogen and oxygen atoms in total. The third kappa shape index (κ3) is 2.82. The van der Waals surface area contributed by atoms with Crippen molar-refractivity contribution >= 4 is 52.3 Å². The van der Waals surface area contributed by atoms with Crippen molar-refractivity contribution in [2.24, 2.45) is 5.92 Å². The van der Waals surface area contributed by atoms with Gasteiger partial charge in [-0.2, -0.15) is 0 Å². The zero-order valence-corrected chi connectivity index (χ0v) is 13.1. The van der Waals surface area contributed by atoms with Crippen LogP contribution >= 0.6 is 34.5 Å². The van der Waals surface area contributed by atoms with Gasteiger partial charge in [0.05, 0.1) is 16.4 Å². The second-order valence-corrected chi connectivity index (χ2v) is 7.04. The third-order valence-corrected chi connectivity index (χ3v) is 4.47. The molecule has 0 aliphatic carbocycles. The van der Waals surface area contributed by atoms with E-state index >= 15 is 0 Å². The van der Waals surface area contributed by atoms with Crippen LogP contribution in [0.25, 0.3) is 0 Å². The number of carbonyl (C=O) groups is 3. The first kappa shape index (κ1) is 15.3. The fourth-order valence-electron chi connectivity index (χ4n) is 1.90. The first-order valence-electron chi connectivity index (χ1n) is 5.91. The Hall–Kier alpha value is -1.11. The minimum Gasteiger partial charge on any atom is -0.326 e. The molecule has 0 aromatic carbocycles. The van der Waals surface area contributed by atoms with E-state index in [4.69, 9.17) is 23.2 Å². The molecule has 20 heavy (non-hydrogen) atoms. The predicted molar refractivity (Wildman–Crippen MR) is 77.5 cm³/mol. The van der Waals surface area contributed by atoms with E-state index < -0.39 is 23.8 Å². The van der Waals surface area contributed by atoms with Gasteiger partial charge in [-0.1, -0.05) is 37.0 Å². The quantitative estimate of drug-likeness (QED) is 0.680. The maximum atomic E-state index is 12.1. The van der Waals surface area contributed by atoms with Crippen molar-refractivity contribution in [2.45, 2.75) is 19.9 Å². The predicted octanol–water partition coefficient (Wildman–Crippen LogP) is 2.81. The van der Waals surface area contributed by atoms with Gasteiger partial charge >= 0.3 is 6.03 Å². The fraction of sp³-hybridized carbons (Fsp3) is 0.417. The summed E-state index contributed by atoms with van der Waals surface area (Å²) in [6, 6.07) is 0.297. The first-order valence-corrected chi connectivity index (χ1v) is 7.48. The van der Waals surface area contributed by atoms with Gasteiger partial charge in [0.2, 0.25) is 0 Å². The van der Waals surface area contributed by atoms with Gasteiger partial charge in [-0.25, -0.2) is 4.79 Å². The molecule has 1 saturated heterocycles. The molecule has 1 atom stereocenters. The Balaban J connectivity index is 2.14. The first-order chi connectivity index (χ1) is 9.31. The lowest BCUT2D eigenvalue weighted by molar-refractivity contribution is -0.127. The molecule has 1 aromatic heterocycles. The second kappa shape index (κ2) is 5.71. The van der Waals surface area contributed by atoms with Crippen LogP contribution in [0.15, 0.2) is 6.07 Å². The topological polar surface area (TPSA) is 66.5 Å². The van der Waals surface area contributed by atoms with E-state index in [1.807, 2.05) is 13.8 Å². The zero-order valence-electron chi connectivity index (χ0n) is 10.8. The van der Waals surface area contributed by atoms with E-state index in [2.05, 4.69) is 5.32 Å². The molecule has 108 valence electrons. The molecule has 1 fully saturated rings. The van der Waals surface area contributed by atoms with Crippen LogP contribution in [0.4, 0.5) is 4.79 Å². The van der Waals surface area contributed by atoms with Crippen molar-refractivity contribution in [1.29, 1.82) is 0 Å². The molecule has 0 saturated carbocycles. The van der Waals surface area contributed by atoms with E-state index in [1.54, 1.807) is 0 Å². The summed E-state index contributed by atoms with van der Waals surface area (Å²) in [6.45, 7) is 3.31. The monoisotopic (exact) mass is 334 g/mol. The molecule has 0 spiro atoms. The molecule has 1 aliphatic heterocycles. The summed E-state index contributed by atoms with van der Waals surface area (Å²) in [4.78, 5) is 36.8. The minimum atomic E-state index is -0.586. The molecule has 2 rings (SSSR count). The number of hydrogen-bond acceptors (Lipinski definition) is 4. The standard InChI is InChI=1S/C12H12Cl2N2O3S/c1-5(2)9-11(18)16(12(19)15-9)4-7(17)6-3-8(13)20-10(6)14/h3,5,9H,4H2,1-2H3,(H,15,19). The molecular weight excluding hydrogens is 323 g/mol. The van der Waals surface area contributed by atoms with Crippen molar-refractivity contribution in [2.75, 3.05) is 6.54 Å². The molecular formula is C12H12Cl2N2O3S.